The number of piperidine rings is 1. The van der Waals surface area contributed by atoms with Gasteiger partial charge in [-0.15, -0.1) is 24.0 Å². The highest BCUT2D eigenvalue weighted by Crippen LogP contribution is 2.19. The highest BCUT2D eigenvalue weighted by Gasteiger charge is 2.22. The molecule has 2 aromatic carbocycles. The van der Waals surface area contributed by atoms with E-state index in [-0.39, 0.29) is 41.7 Å². The fourth-order valence-electron chi connectivity index (χ4n) is 3.70. The van der Waals surface area contributed by atoms with Crippen LogP contribution in [0.2, 0.25) is 0 Å². The topological polar surface area (TPSA) is 79.1 Å². The maximum atomic E-state index is 12.1. The Morgan fingerprint density at radius 3 is 2.42 bits per heavy atom. The number of likely N-dealkylation sites (tertiary alicyclic amines) is 1. The first-order chi connectivity index (χ1) is 15.7. The van der Waals surface area contributed by atoms with Gasteiger partial charge >= 0.3 is 0 Å². The van der Waals surface area contributed by atoms with Gasteiger partial charge in [0.2, 0.25) is 0 Å². The number of hydrogen-bond donors (Lipinski definition) is 2. The van der Waals surface area contributed by atoms with Crippen LogP contribution in [-0.4, -0.2) is 43.0 Å². The molecule has 0 radical (unpaired) electrons. The second kappa shape index (κ2) is 12.3. The molecule has 4 rings (SSSR count). The third kappa shape index (κ3) is 6.98. The zero-order valence-corrected chi connectivity index (χ0v) is 20.9. The average molecular weight is 560 g/mol. The number of benzene rings is 2. The van der Waals surface area contributed by atoms with Crippen molar-refractivity contribution < 1.29 is 13.9 Å². The number of halogens is 1. The van der Waals surface area contributed by atoms with Gasteiger partial charge in [-0.3, -0.25) is 9.79 Å². The second-order valence-electron chi connectivity index (χ2n) is 7.65. The van der Waals surface area contributed by atoms with Crippen molar-refractivity contribution in [2.24, 2.45) is 4.99 Å². The monoisotopic (exact) mass is 560 g/mol. The Balaban J connectivity index is 0.00000306. The zero-order chi connectivity index (χ0) is 22.2. The number of carbonyl (C=O) groups excluding carboxylic acids is 1. The van der Waals surface area contributed by atoms with Gasteiger partial charge in [-0.2, -0.15) is 0 Å². The Kier molecular flexibility index (Phi) is 9.17. The molecule has 7 nitrogen and oxygen atoms in total. The summed E-state index contributed by atoms with van der Waals surface area (Å²) in [4.78, 5) is 18.8. The summed E-state index contributed by atoms with van der Waals surface area (Å²) in [6.07, 6.45) is 3.63. The summed E-state index contributed by atoms with van der Waals surface area (Å²) >= 11 is 0. The van der Waals surface area contributed by atoms with Crippen molar-refractivity contribution in [3.8, 4) is 5.75 Å². The Bertz CT molecular complexity index is 1020. The standard InChI is InChI=1S/C25H28N4O3.HI/c1-26-25(29-15-13-22(14-16-29)32-21-6-3-2-4-7-21)27-18-19-9-11-20(12-10-19)28-24(30)23-8-5-17-31-23;/h2-12,17,22H,13-16,18H2,1H3,(H,26,27)(H,28,30);1H. The Morgan fingerprint density at radius 2 is 1.79 bits per heavy atom. The van der Waals surface area contributed by atoms with E-state index < -0.39 is 0 Å². The lowest BCUT2D eigenvalue weighted by atomic mass is 10.1. The van der Waals surface area contributed by atoms with Gasteiger partial charge in [0, 0.05) is 45.2 Å². The van der Waals surface area contributed by atoms with Crippen LogP contribution in [0.1, 0.15) is 29.0 Å². The number of amides is 1. The molecule has 8 heteroatoms. The van der Waals surface area contributed by atoms with Gasteiger partial charge in [-0.1, -0.05) is 30.3 Å². The number of para-hydroxylation sites is 1. The van der Waals surface area contributed by atoms with E-state index in [9.17, 15) is 4.79 Å². The molecule has 1 aromatic heterocycles. The number of hydrogen-bond acceptors (Lipinski definition) is 4. The van der Waals surface area contributed by atoms with Crippen LogP contribution >= 0.6 is 24.0 Å². The summed E-state index contributed by atoms with van der Waals surface area (Å²) in [6.45, 7) is 2.45. The highest BCUT2D eigenvalue weighted by molar-refractivity contribution is 14.0. The molecule has 0 saturated carbocycles. The van der Waals surface area contributed by atoms with Crippen LogP contribution in [0.25, 0.3) is 0 Å². The van der Waals surface area contributed by atoms with Crippen molar-refractivity contribution in [3.63, 3.8) is 0 Å². The molecular weight excluding hydrogens is 531 g/mol. The number of aliphatic imine (C=N–C) groups is 1. The van der Waals surface area contributed by atoms with Crippen LogP contribution in [0.15, 0.2) is 82.4 Å². The number of nitrogens with one attached hydrogen (secondary N) is 2. The predicted octanol–water partition coefficient (Wildman–Crippen LogP) is 4.77. The van der Waals surface area contributed by atoms with E-state index in [0.29, 0.717) is 6.54 Å². The van der Waals surface area contributed by atoms with Gasteiger partial charge in [0.1, 0.15) is 11.9 Å². The lowest BCUT2D eigenvalue weighted by Gasteiger charge is -2.34. The summed E-state index contributed by atoms with van der Waals surface area (Å²) < 4.78 is 11.2. The minimum absolute atomic E-state index is 0. The number of furan rings is 1. The van der Waals surface area contributed by atoms with E-state index in [1.165, 1.54) is 6.26 Å². The normalized spacial score (nSPS) is 14.3. The Hall–Kier alpha value is -3.01. The summed E-state index contributed by atoms with van der Waals surface area (Å²) in [5.74, 6) is 1.84. The maximum absolute atomic E-state index is 12.1. The third-order valence-electron chi connectivity index (χ3n) is 5.41. The number of carbonyl (C=O) groups is 1. The average Bonchev–Trinajstić information content (AvgIpc) is 3.37. The summed E-state index contributed by atoms with van der Waals surface area (Å²) in [5, 5.41) is 6.26. The molecule has 0 bridgehead atoms. The number of rotatable bonds is 6. The minimum atomic E-state index is -0.263. The molecule has 0 spiro atoms. The molecule has 0 atom stereocenters. The zero-order valence-electron chi connectivity index (χ0n) is 18.6. The van der Waals surface area contributed by atoms with E-state index in [1.807, 2.05) is 61.6 Å². The fourth-order valence-corrected chi connectivity index (χ4v) is 3.70. The molecular formula is C25H29IN4O3. The molecule has 3 aromatic rings. The van der Waals surface area contributed by atoms with Crippen LogP contribution in [0.5, 0.6) is 5.75 Å². The van der Waals surface area contributed by atoms with E-state index >= 15 is 0 Å². The second-order valence-corrected chi connectivity index (χ2v) is 7.65. The van der Waals surface area contributed by atoms with Gasteiger partial charge in [0.05, 0.1) is 6.26 Å². The van der Waals surface area contributed by atoms with Crippen LogP contribution < -0.4 is 15.4 Å². The van der Waals surface area contributed by atoms with E-state index in [4.69, 9.17) is 9.15 Å². The molecule has 174 valence electrons. The van der Waals surface area contributed by atoms with Gasteiger partial charge in [0.25, 0.3) is 5.91 Å². The van der Waals surface area contributed by atoms with Gasteiger partial charge < -0.3 is 24.7 Å². The largest absolute Gasteiger partial charge is 0.490 e. The van der Waals surface area contributed by atoms with Crippen LogP contribution in [0.3, 0.4) is 0 Å². The molecule has 0 unspecified atom stereocenters. The lowest BCUT2D eigenvalue weighted by Crippen LogP contribution is -2.47. The molecule has 1 saturated heterocycles. The number of guanidine groups is 1. The fraction of sp³-hybridized carbons (Fsp3) is 0.280. The molecule has 1 amide bonds. The number of nitrogens with zero attached hydrogens (tertiary/aromatic N) is 2. The maximum Gasteiger partial charge on any atom is 0.291 e. The van der Waals surface area contributed by atoms with Crippen LogP contribution in [-0.2, 0) is 6.54 Å². The molecule has 0 aliphatic carbocycles. The molecule has 33 heavy (non-hydrogen) atoms. The van der Waals surface area contributed by atoms with Crippen molar-refractivity contribution >= 4 is 41.5 Å². The van der Waals surface area contributed by atoms with E-state index in [2.05, 4.69) is 20.5 Å². The van der Waals surface area contributed by atoms with Crippen molar-refractivity contribution in [1.29, 1.82) is 0 Å². The summed E-state index contributed by atoms with van der Waals surface area (Å²) in [6, 6.07) is 21.0. The van der Waals surface area contributed by atoms with Crippen LogP contribution in [0, 0.1) is 0 Å². The molecule has 1 aliphatic heterocycles. The van der Waals surface area contributed by atoms with Crippen LogP contribution in [0.4, 0.5) is 5.69 Å². The van der Waals surface area contributed by atoms with Gasteiger partial charge in [-0.05, 0) is 42.0 Å². The SMILES string of the molecule is CN=C(NCc1ccc(NC(=O)c2ccco2)cc1)N1CCC(Oc2ccccc2)CC1.I. The van der Waals surface area contributed by atoms with E-state index in [0.717, 1.165) is 48.9 Å². The Labute approximate surface area is 211 Å². The smallest absolute Gasteiger partial charge is 0.291 e. The van der Waals surface area contributed by atoms with Crippen molar-refractivity contribution in [3.05, 3.63) is 84.3 Å². The first kappa shape index (κ1) is 24.6. The first-order valence-electron chi connectivity index (χ1n) is 10.8. The third-order valence-corrected chi connectivity index (χ3v) is 5.41. The number of anilines is 1. The van der Waals surface area contributed by atoms with E-state index in [1.54, 1.807) is 12.1 Å². The van der Waals surface area contributed by atoms with Crippen molar-refractivity contribution in [2.75, 3.05) is 25.5 Å². The molecule has 2 N–H and O–H groups in total. The summed E-state index contributed by atoms with van der Waals surface area (Å²) in [5.41, 5.74) is 1.82. The van der Waals surface area contributed by atoms with Crippen molar-refractivity contribution in [1.82, 2.24) is 10.2 Å². The quantitative estimate of drug-likeness (QED) is 0.258. The lowest BCUT2D eigenvalue weighted by molar-refractivity contribution is 0.0996. The molecule has 1 aliphatic rings. The minimum Gasteiger partial charge on any atom is -0.490 e. The Morgan fingerprint density at radius 1 is 1.06 bits per heavy atom. The summed E-state index contributed by atoms with van der Waals surface area (Å²) in [7, 11) is 1.81. The van der Waals surface area contributed by atoms with Crippen molar-refractivity contribution in [2.45, 2.75) is 25.5 Å². The molecule has 1 fully saturated rings. The first-order valence-corrected chi connectivity index (χ1v) is 10.8. The predicted molar refractivity (Wildman–Crippen MR) is 140 cm³/mol. The molecule has 2 heterocycles. The van der Waals surface area contributed by atoms with Gasteiger partial charge in [-0.25, -0.2) is 0 Å². The van der Waals surface area contributed by atoms with Gasteiger partial charge in [0.15, 0.2) is 11.7 Å². The number of ether oxygens (including phenoxy) is 1. The highest BCUT2D eigenvalue weighted by atomic mass is 127.